The van der Waals surface area contributed by atoms with E-state index in [0.717, 1.165) is 23.5 Å². The Kier molecular flexibility index (Phi) is 4.83. The molecule has 1 unspecified atom stereocenters. The SMILES string of the molecule is COc1ccc(C(C#N)CCOc2ccc3c(c2)CCC3)cc1. The van der Waals surface area contributed by atoms with Crippen LogP contribution >= 0.6 is 0 Å². The molecule has 1 aliphatic carbocycles. The third kappa shape index (κ3) is 3.65. The van der Waals surface area contributed by atoms with Gasteiger partial charge >= 0.3 is 0 Å². The molecule has 0 saturated heterocycles. The van der Waals surface area contributed by atoms with E-state index < -0.39 is 0 Å². The highest BCUT2D eigenvalue weighted by molar-refractivity contribution is 5.38. The first-order valence-electron chi connectivity index (χ1n) is 8.08. The third-order valence-electron chi connectivity index (χ3n) is 4.42. The second-order valence-corrected chi connectivity index (χ2v) is 5.88. The summed E-state index contributed by atoms with van der Waals surface area (Å²) in [7, 11) is 1.64. The van der Waals surface area contributed by atoms with Crippen LogP contribution in [0.4, 0.5) is 0 Å². The van der Waals surface area contributed by atoms with Crippen LogP contribution in [0.15, 0.2) is 42.5 Å². The number of ether oxygens (including phenoxy) is 2. The van der Waals surface area contributed by atoms with Crippen molar-refractivity contribution >= 4 is 0 Å². The molecule has 0 radical (unpaired) electrons. The summed E-state index contributed by atoms with van der Waals surface area (Å²) in [5.41, 5.74) is 3.87. The summed E-state index contributed by atoms with van der Waals surface area (Å²) in [6, 6.07) is 16.4. The maximum absolute atomic E-state index is 9.39. The van der Waals surface area contributed by atoms with Gasteiger partial charge in [0, 0.05) is 6.42 Å². The smallest absolute Gasteiger partial charge is 0.119 e. The van der Waals surface area contributed by atoms with E-state index in [1.54, 1.807) is 7.11 Å². The Morgan fingerprint density at radius 1 is 1.04 bits per heavy atom. The van der Waals surface area contributed by atoms with Crippen molar-refractivity contribution in [3.8, 4) is 17.6 Å². The first kappa shape index (κ1) is 15.4. The lowest BCUT2D eigenvalue weighted by molar-refractivity contribution is 0.305. The summed E-state index contributed by atoms with van der Waals surface area (Å²) in [5, 5.41) is 9.39. The highest BCUT2D eigenvalue weighted by Gasteiger charge is 2.13. The molecule has 0 saturated carbocycles. The van der Waals surface area contributed by atoms with Gasteiger partial charge in [0.1, 0.15) is 11.5 Å². The van der Waals surface area contributed by atoms with E-state index in [1.165, 1.54) is 24.0 Å². The number of methoxy groups -OCH3 is 1. The summed E-state index contributed by atoms with van der Waals surface area (Å²) in [4.78, 5) is 0. The molecular weight excluding hydrogens is 286 g/mol. The van der Waals surface area contributed by atoms with Gasteiger partial charge < -0.3 is 9.47 Å². The molecule has 2 aromatic carbocycles. The van der Waals surface area contributed by atoms with Crippen LogP contribution < -0.4 is 9.47 Å². The van der Waals surface area contributed by atoms with Gasteiger partial charge in [0.25, 0.3) is 0 Å². The van der Waals surface area contributed by atoms with Gasteiger partial charge in [-0.15, -0.1) is 0 Å². The lowest BCUT2D eigenvalue weighted by atomic mass is 9.97. The number of nitrogens with zero attached hydrogens (tertiary/aromatic N) is 1. The molecule has 118 valence electrons. The van der Waals surface area contributed by atoms with Crippen molar-refractivity contribution in [2.24, 2.45) is 0 Å². The van der Waals surface area contributed by atoms with Crippen LogP contribution in [-0.4, -0.2) is 13.7 Å². The highest BCUT2D eigenvalue weighted by Crippen LogP contribution is 2.27. The van der Waals surface area contributed by atoms with E-state index in [9.17, 15) is 5.26 Å². The molecule has 0 bridgehead atoms. The van der Waals surface area contributed by atoms with Crippen LogP contribution in [0.1, 0.15) is 35.4 Å². The number of hydrogen-bond donors (Lipinski definition) is 0. The van der Waals surface area contributed by atoms with Gasteiger partial charge in [-0.1, -0.05) is 18.2 Å². The fraction of sp³-hybridized carbons (Fsp3) is 0.350. The molecule has 0 N–H and O–H groups in total. The van der Waals surface area contributed by atoms with Crippen molar-refractivity contribution in [3.05, 3.63) is 59.2 Å². The minimum Gasteiger partial charge on any atom is -0.497 e. The molecule has 1 aliphatic rings. The third-order valence-corrected chi connectivity index (χ3v) is 4.42. The molecule has 0 aliphatic heterocycles. The van der Waals surface area contributed by atoms with Crippen LogP contribution in [0.3, 0.4) is 0 Å². The lowest BCUT2D eigenvalue weighted by Gasteiger charge is -2.12. The topological polar surface area (TPSA) is 42.2 Å². The predicted octanol–water partition coefficient (Wildman–Crippen LogP) is 4.26. The molecule has 3 heteroatoms. The maximum atomic E-state index is 9.39. The average molecular weight is 307 g/mol. The fourth-order valence-corrected chi connectivity index (χ4v) is 3.07. The van der Waals surface area contributed by atoms with E-state index in [4.69, 9.17) is 9.47 Å². The van der Waals surface area contributed by atoms with Gasteiger partial charge in [0.05, 0.1) is 25.7 Å². The number of rotatable bonds is 6. The summed E-state index contributed by atoms with van der Waals surface area (Å²) >= 11 is 0. The molecular formula is C20H21NO2. The fourth-order valence-electron chi connectivity index (χ4n) is 3.07. The van der Waals surface area contributed by atoms with Gasteiger partial charge in [-0.25, -0.2) is 0 Å². The first-order valence-corrected chi connectivity index (χ1v) is 8.08. The average Bonchev–Trinajstić information content (AvgIpc) is 3.07. The summed E-state index contributed by atoms with van der Waals surface area (Å²) in [6.45, 7) is 0.545. The number of hydrogen-bond acceptors (Lipinski definition) is 3. The summed E-state index contributed by atoms with van der Waals surface area (Å²) in [5.74, 6) is 1.56. The van der Waals surface area contributed by atoms with Crippen molar-refractivity contribution in [2.75, 3.05) is 13.7 Å². The van der Waals surface area contributed by atoms with E-state index >= 15 is 0 Å². The molecule has 0 aromatic heterocycles. The van der Waals surface area contributed by atoms with Gasteiger partial charge in [0.2, 0.25) is 0 Å². The van der Waals surface area contributed by atoms with Crippen molar-refractivity contribution in [2.45, 2.75) is 31.6 Å². The Balaban J connectivity index is 1.57. The Labute approximate surface area is 137 Å². The second kappa shape index (κ2) is 7.19. The van der Waals surface area contributed by atoms with E-state index in [2.05, 4.69) is 18.2 Å². The second-order valence-electron chi connectivity index (χ2n) is 5.88. The Morgan fingerprint density at radius 2 is 1.78 bits per heavy atom. The molecule has 3 nitrogen and oxygen atoms in total. The minimum atomic E-state index is -0.157. The van der Waals surface area contributed by atoms with Crippen LogP contribution in [-0.2, 0) is 12.8 Å². The number of benzene rings is 2. The molecule has 0 heterocycles. The molecule has 0 spiro atoms. The summed E-state index contributed by atoms with van der Waals surface area (Å²) in [6.07, 6.45) is 4.26. The van der Waals surface area contributed by atoms with E-state index in [1.807, 2.05) is 30.3 Å². The molecule has 1 atom stereocenters. The predicted molar refractivity (Wildman–Crippen MR) is 89.9 cm³/mol. The lowest BCUT2D eigenvalue weighted by Crippen LogP contribution is -2.05. The van der Waals surface area contributed by atoms with Crippen molar-refractivity contribution in [1.82, 2.24) is 0 Å². The Hall–Kier alpha value is -2.47. The van der Waals surface area contributed by atoms with Crippen molar-refractivity contribution in [3.63, 3.8) is 0 Å². The first-order chi connectivity index (χ1) is 11.3. The zero-order valence-corrected chi connectivity index (χ0v) is 13.4. The quantitative estimate of drug-likeness (QED) is 0.800. The zero-order valence-electron chi connectivity index (χ0n) is 13.4. The van der Waals surface area contributed by atoms with Gasteiger partial charge in [-0.3, -0.25) is 0 Å². The Morgan fingerprint density at radius 3 is 2.52 bits per heavy atom. The number of nitriles is 1. The molecule has 0 fully saturated rings. The molecule has 3 rings (SSSR count). The molecule has 23 heavy (non-hydrogen) atoms. The molecule has 2 aromatic rings. The largest absolute Gasteiger partial charge is 0.497 e. The monoisotopic (exact) mass is 307 g/mol. The van der Waals surface area contributed by atoms with E-state index in [-0.39, 0.29) is 5.92 Å². The van der Waals surface area contributed by atoms with Crippen LogP contribution in [0.5, 0.6) is 11.5 Å². The zero-order chi connectivity index (χ0) is 16.1. The van der Waals surface area contributed by atoms with Crippen molar-refractivity contribution < 1.29 is 9.47 Å². The maximum Gasteiger partial charge on any atom is 0.119 e. The standard InChI is InChI=1S/C20H21NO2/c1-22-19-8-5-16(6-9-19)18(14-21)11-12-23-20-10-7-15-3-2-4-17(15)13-20/h5-10,13,18H,2-4,11-12H2,1H3. The normalized spacial score (nSPS) is 13.9. The van der Waals surface area contributed by atoms with Gasteiger partial charge in [0.15, 0.2) is 0 Å². The van der Waals surface area contributed by atoms with Crippen LogP contribution in [0.2, 0.25) is 0 Å². The van der Waals surface area contributed by atoms with Crippen LogP contribution in [0, 0.1) is 11.3 Å². The highest BCUT2D eigenvalue weighted by atomic mass is 16.5. The summed E-state index contributed by atoms with van der Waals surface area (Å²) < 4.78 is 11.0. The van der Waals surface area contributed by atoms with Crippen molar-refractivity contribution in [1.29, 1.82) is 5.26 Å². The minimum absolute atomic E-state index is 0.157. The molecule has 0 amide bonds. The van der Waals surface area contributed by atoms with E-state index in [0.29, 0.717) is 13.0 Å². The van der Waals surface area contributed by atoms with Gasteiger partial charge in [-0.05, 0) is 60.2 Å². The number of fused-ring (bicyclic) bond motifs is 1. The van der Waals surface area contributed by atoms with Crippen LogP contribution in [0.25, 0.3) is 0 Å². The van der Waals surface area contributed by atoms with Gasteiger partial charge in [-0.2, -0.15) is 5.26 Å². The Bertz CT molecular complexity index is 701. The number of aryl methyl sites for hydroxylation is 2.